The minimum atomic E-state index is -4.95. The molecule has 3 saturated heterocycles. The van der Waals surface area contributed by atoms with Crippen molar-refractivity contribution < 1.29 is 41.3 Å². The normalized spacial score (nSPS) is 20.7. The third kappa shape index (κ3) is 8.16. The van der Waals surface area contributed by atoms with Crippen molar-refractivity contribution in [2.24, 2.45) is 0 Å². The van der Waals surface area contributed by atoms with Gasteiger partial charge in [-0.2, -0.15) is 23.1 Å². The summed E-state index contributed by atoms with van der Waals surface area (Å²) in [6, 6.07) is 17.0. The Hall–Kier alpha value is -4.99. The van der Waals surface area contributed by atoms with E-state index in [4.69, 9.17) is 25.8 Å². The maximum absolute atomic E-state index is 17.4. The summed E-state index contributed by atoms with van der Waals surface area (Å²) in [6.07, 6.45) is -4.39. The van der Waals surface area contributed by atoms with Gasteiger partial charge in [0.25, 0.3) is 0 Å². The number of pyridine rings is 1. The largest absolute Gasteiger partial charge is 0.497 e. The number of aliphatic hydroxyl groups is 1. The Balaban J connectivity index is 1.26. The number of nitrogens with zero attached hydrogens (tertiary/aromatic N) is 6. The molecule has 10 nitrogen and oxygen atoms in total. The highest BCUT2D eigenvalue weighted by molar-refractivity contribution is 6.34. The van der Waals surface area contributed by atoms with Crippen molar-refractivity contribution in [2.45, 2.75) is 69.7 Å². The van der Waals surface area contributed by atoms with Crippen LogP contribution in [-0.4, -0.2) is 89.8 Å². The van der Waals surface area contributed by atoms with E-state index in [0.717, 1.165) is 24.1 Å². The zero-order valence-electron chi connectivity index (χ0n) is 32.8. The average Bonchev–Trinajstić information content (AvgIpc) is 3.90. The van der Waals surface area contributed by atoms with Gasteiger partial charge in [-0.05, 0) is 85.8 Å². The summed E-state index contributed by atoms with van der Waals surface area (Å²) in [5.74, 6) is 0.489. The van der Waals surface area contributed by atoms with Gasteiger partial charge in [0.15, 0.2) is 5.82 Å². The van der Waals surface area contributed by atoms with Gasteiger partial charge in [-0.3, -0.25) is 4.90 Å². The lowest BCUT2D eigenvalue weighted by Crippen LogP contribution is -2.43. The summed E-state index contributed by atoms with van der Waals surface area (Å²) in [5.41, 5.74) is -1.89. The fourth-order valence-corrected chi connectivity index (χ4v) is 9.02. The summed E-state index contributed by atoms with van der Waals surface area (Å²) >= 11 is 6.85. The number of fused-ring (bicyclic) bond motifs is 2. The van der Waals surface area contributed by atoms with Crippen molar-refractivity contribution in [3.05, 3.63) is 93.8 Å². The number of rotatable bonds is 12. The molecule has 0 spiro atoms. The lowest BCUT2D eigenvalue weighted by Gasteiger charge is -2.31. The molecule has 3 aliphatic heterocycles. The maximum atomic E-state index is 17.4. The highest BCUT2D eigenvalue weighted by atomic mass is 35.5. The Morgan fingerprint density at radius 2 is 1.59 bits per heavy atom. The summed E-state index contributed by atoms with van der Waals surface area (Å²) < 4.78 is 94.3. The molecule has 312 valence electrons. The second kappa shape index (κ2) is 16.2. The molecule has 2 aromatic heterocycles. The minimum absolute atomic E-state index is 0.0439. The molecule has 59 heavy (non-hydrogen) atoms. The van der Waals surface area contributed by atoms with Gasteiger partial charge in [0.1, 0.15) is 41.4 Å². The van der Waals surface area contributed by atoms with Crippen LogP contribution in [0.2, 0.25) is 5.02 Å². The van der Waals surface area contributed by atoms with Crippen molar-refractivity contribution in [1.29, 1.82) is 0 Å². The number of anilines is 2. The van der Waals surface area contributed by atoms with E-state index in [9.17, 15) is 9.50 Å². The summed E-state index contributed by atoms with van der Waals surface area (Å²) in [6.45, 7) is 3.36. The molecule has 3 aromatic carbocycles. The van der Waals surface area contributed by atoms with E-state index in [0.29, 0.717) is 37.4 Å². The first-order chi connectivity index (χ1) is 28.2. The fraction of sp³-hybridized carbons (Fsp3) is 0.419. The lowest BCUT2D eigenvalue weighted by atomic mass is 9.95. The van der Waals surface area contributed by atoms with Gasteiger partial charge >= 0.3 is 12.2 Å². The Bertz CT molecular complexity index is 2290. The number of hydrogen-bond acceptors (Lipinski definition) is 10. The number of β-amino-alcohol motifs (C(OH)–C–C–N with tert-alkyl or cyclic N) is 1. The van der Waals surface area contributed by atoms with E-state index >= 15 is 17.6 Å². The van der Waals surface area contributed by atoms with Crippen LogP contribution in [0, 0.1) is 12.7 Å². The molecule has 3 atom stereocenters. The van der Waals surface area contributed by atoms with Crippen molar-refractivity contribution in [2.75, 3.05) is 56.8 Å². The Kier molecular flexibility index (Phi) is 11.2. The number of aliphatic hydroxyl groups excluding tert-OH is 1. The van der Waals surface area contributed by atoms with Gasteiger partial charge in [-0.15, -0.1) is 0 Å². The van der Waals surface area contributed by atoms with Crippen molar-refractivity contribution >= 4 is 34.1 Å². The average molecular weight is 839 g/mol. The van der Waals surface area contributed by atoms with E-state index in [1.54, 1.807) is 48.3 Å². The van der Waals surface area contributed by atoms with Gasteiger partial charge < -0.3 is 29.1 Å². The van der Waals surface area contributed by atoms with E-state index in [1.165, 1.54) is 19.1 Å². The van der Waals surface area contributed by atoms with Gasteiger partial charge in [0, 0.05) is 44.5 Å². The molecule has 0 amide bonds. The molecule has 3 fully saturated rings. The first kappa shape index (κ1) is 40.8. The molecule has 5 heterocycles. The standard InChI is InChI=1S/C43H44ClF5N6O4/c1-25-17-34(54(20-26-5-9-30(57-2)10-6-26)21-27-7-11-31(58-3)12-8-27)50-39(36(25)43(47,48)49)35-33(44)18-32-38(37(35)46)51-41(52-40(32)53-16-13-29(56)23-53)59-24-42-14-4-15-55(42)22-28(45)19-42/h5-12,17-18,28-29,56H,4,13-16,19-24H2,1-3H3/t28-,29+,42+/m1/s1. The summed E-state index contributed by atoms with van der Waals surface area (Å²) in [4.78, 5) is 19.3. The second-order valence-electron chi connectivity index (χ2n) is 15.6. The zero-order valence-corrected chi connectivity index (χ0v) is 33.6. The number of ether oxygens (including phenoxy) is 3. The third-order valence-electron chi connectivity index (χ3n) is 11.6. The first-order valence-corrected chi connectivity index (χ1v) is 19.9. The SMILES string of the molecule is COc1ccc(CN(Cc2ccc(OC)cc2)c2cc(C)c(C(F)(F)F)c(-c3c(Cl)cc4c(N5CC[C@H](O)C5)nc(OC[C@@]56CCCN5C[C@H](F)C6)nc4c3F)n2)cc1. The predicted molar refractivity (Wildman–Crippen MR) is 215 cm³/mol. The summed E-state index contributed by atoms with van der Waals surface area (Å²) in [5, 5.41) is 10.2. The van der Waals surface area contributed by atoms with Crippen molar-refractivity contribution in [3.8, 4) is 28.8 Å². The molecule has 0 saturated carbocycles. The van der Waals surface area contributed by atoms with Crippen LogP contribution in [-0.2, 0) is 19.3 Å². The Morgan fingerprint density at radius 3 is 2.19 bits per heavy atom. The molecule has 8 rings (SSSR count). The quantitative estimate of drug-likeness (QED) is 0.123. The Labute approximate surface area is 343 Å². The predicted octanol–water partition coefficient (Wildman–Crippen LogP) is 8.56. The molecular weight excluding hydrogens is 795 g/mol. The smallest absolute Gasteiger partial charge is 0.418 e. The van der Waals surface area contributed by atoms with Gasteiger partial charge in [-0.25, -0.2) is 13.8 Å². The Morgan fingerprint density at radius 1 is 0.932 bits per heavy atom. The number of benzene rings is 3. The molecule has 0 aliphatic carbocycles. The van der Waals surface area contributed by atoms with E-state index < -0.39 is 46.6 Å². The van der Waals surface area contributed by atoms with Crippen LogP contribution in [0.1, 0.15) is 47.9 Å². The highest BCUT2D eigenvalue weighted by Crippen LogP contribution is 2.46. The zero-order chi connectivity index (χ0) is 41.6. The van der Waals surface area contributed by atoms with E-state index in [1.807, 2.05) is 24.3 Å². The van der Waals surface area contributed by atoms with Gasteiger partial charge in [-0.1, -0.05) is 35.9 Å². The van der Waals surface area contributed by atoms with Crippen molar-refractivity contribution in [1.82, 2.24) is 19.9 Å². The van der Waals surface area contributed by atoms with E-state index in [-0.39, 0.29) is 71.8 Å². The van der Waals surface area contributed by atoms with Crippen LogP contribution in [0.25, 0.3) is 22.2 Å². The molecular formula is C43H44ClF5N6O4. The lowest BCUT2D eigenvalue weighted by molar-refractivity contribution is -0.137. The molecule has 0 radical (unpaired) electrons. The van der Waals surface area contributed by atoms with Gasteiger partial charge in [0.05, 0.1) is 47.7 Å². The molecule has 0 bridgehead atoms. The second-order valence-corrected chi connectivity index (χ2v) is 16.0. The molecule has 5 aromatic rings. The van der Waals surface area contributed by atoms with Crippen molar-refractivity contribution in [3.63, 3.8) is 0 Å². The van der Waals surface area contributed by atoms with Crippen LogP contribution < -0.4 is 24.0 Å². The van der Waals surface area contributed by atoms with Gasteiger partial charge in [0.2, 0.25) is 0 Å². The monoisotopic (exact) mass is 838 g/mol. The van der Waals surface area contributed by atoms with Crippen LogP contribution in [0.3, 0.4) is 0 Å². The molecule has 3 aliphatic rings. The van der Waals surface area contributed by atoms with Crippen LogP contribution in [0.5, 0.6) is 17.5 Å². The topological polar surface area (TPSA) is 96.3 Å². The number of aryl methyl sites for hydroxylation is 1. The highest BCUT2D eigenvalue weighted by Gasteiger charge is 2.49. The molecule has 16 heteroatoms. The van der Waals surface area contributed by atoms with E-state index in [2.05, 4.69) is 19.9 Å². The third-order valence-corrected chi connectivity index (χ3v) is 11.9. The van der Waals surface area contributed by atoms with Crippen LogP contribution in [0.15, 0.2) is 60.7 Å². The summed E-state index contributed by atoms with van der Waals surface area (Å²) in [7, 11) is 3.10. The van der Waals surface area contributed by atoms with Crippen LogP contribution in [0.4, 0.5) is 33.6 Å². The number of aromatic nitrogens is 3. The maximum Gasteiger partial charge on any atom is 0.418 e. The number of hydrogen-bond donors (Lipinski definition) is 1. The molecule has 0 unspecified atom stereocenters. The van der Waals surface area contributed by atoms with Crippen LogP contribution >= 0.6 is 11.6 Å². The fourth-order valence-electron chi connectivity index (χ4n) is 8.74. The number of halogens is 6. The number of methoxy groups -OCH3 is 2. The first-order valence-electron chi connectivity index (χ1n) is 19.5. The molecule has 1 N–H and O–H groups in total. The number of alkyl halides is 4. The minimum Gasteiger partial charge on any atom is -0.497 e.